The van der Waals surface area contributed by atoms with Gasteiger partial charge in [0.2, 0.25) is 0 Å². The number of nitrogens with one attached hydrogen (secondary N) is 1. The maximum atomic E-state index is 3.72. The molecule has 2 aliphatic rings. The van der Waals surface area contributed by atoms with Gasteiger partial charge in [0, 0.05) is 6.04 Å². The summed E-state index contributed by atoms with van der Waals surface area (Å²) >= 11 is 0. The summed E-state index contributed by atoms with van der Waals surface area (Å²) < 4.78 is 0. The van der Waals surface area contributed by atoms with E-state index < -0.39 is 0 Å². The van der Waals surface area contributed by atoms with Crippen molar-refractivity contribution in [1.82, 2.24) is 5.32 Å². The normalized spacial score (nSPS) is 26.4. The van der Waals surface area contributed by atoms with Crippen molar-refractivity contribution in [2.24, 2.45) is 11.8 Å². The van der Waals surface area contributed by atoms with Crippen molar-refractivity contribution >= 4 is 0 Å². The van der Waals surface area contributed by atoms with E-state index in [1.165, 1.54) is 57.9 Å². The molecular formula is C13H25N. The molecule has 1 nitrogen and oxygen atoms in total. The molecular weight excluding hydrogens is 170 g/mol. The quantitative estimate of drug-likeness (QED) is 0.709. The summed E-state index contributed by atoms with van der Waals surface area (Å²) in [6.45, 7) is 3.66. The summed E-state index contributed by atoms with van der Waals surface area (Å²) in [6.07, 6.45) is 11.8. The lowest BCUT2D eigenvalue weighted by atomic mass is 9.84. The van der Waals surface area contributed by atoms with E-state index in [1.54, 1.807) is 0 Å². The minimum atomic E-state index is 0.772. The molecule has 0 saturated heterocycles. The highest BCUT2D eigenvalue weighted by Crippen LogP contribution is 2.32. The Bertz CT molecular complexity index is 157. The Labute approximate surface area is 88.7 Å². The van der Waals surface area contributed by atoms with E-state index in [9.17, 15) is 0 Å². The van der Waals surface area contributed by atoms with Crippen LogP contribution < -0.4 is 5.32 Å². The fourth-order valence-corrected chi connectivity index (χ4v) is 2.72. The van der Waals surface area contributed by atoms with Crippen molar-refractivity contribution in [2.45, 2.75) is 64.3 Å². The van der Waals surface area contributed by atoms with E-state index in [0.717, 1.165) is 17.9 Å². The molecule has 0 unspecified atom stereocenters. The Hall–Kier alpha value is -0.0400. The molecule has 0 heterocycles. The molecule has 82 valence electrons. The van der Waals surface area contributed by atoms with E-state index in [1.807, 2.05) is 0 Å². The summed E-state index contributed by atoms with van der Waals surface area (Å²) in [5, 5.41) is 3.72. The molecule has 1 heteroatoms. The van der Waals surface area contributed by atoms with Crippen LogP contribution in [0.25, 0.3) is 0 Å². The molecule has 0 aliphatic heterocycles. The molecule has 1 N–H and O–H groups in total. The number of hydrogen-bond donors (Lipinski definition) is 1. The van der Waals surface area contributed by atoms with Crippen LogP contribution in [0.5, 0.6) is 0 Å². The van der Waals surface area contributed by atoms with Gasteiger partial charge >= 0.3 is 0 Å². The highest BCUT2D eigenvalue weighted by molar-refractivity contribution is 4.78. The van der Waals surface area contributed by atoms with Crippen LogP contribution in [0, 0.1) is 11.8 Å². The average molecular weight is 195 g/mol. The summed E-state index contributed by atoms with van der Waals surface area (Å²) in [6, 6.07) is 0.772. The third kappa shape index (κ3) is 3.27. The van der Waals surface area contributed by atoms with Gasteiger partial charge in [-0.1, -0.05) is 32.1 Å². The van der Waals surface area contributed by atoms with Gasteiger partial charge in [-0.05, 0) is 44.6 Å². The van der Waals surface area contributed by atoms with E-state index in [0.29, 0.717) is 0 Å². The second-order valence-corrected chi connectivity index (χ2v) is 5.37. The van der Waals surface area contributed by atoms with Crippen LogP contribution in [0.1, 0.15) is 58.3 Å². The first kappa shape index (κ1) is 10.5. The van der Waals surface area contributed by atoms with Crippen molar-refractivity contribution in [3.8, 4) is 0 Å². The molecule has 0 aromatic carbocycles. The van der Waals surface area contributed by atoms with E-state index in [2.05, 4.69) is 12.2 Å². The van der Waals surface area contributed by atoms with Crippen molar-refractivity contribution in [2.75, 3.05) is 6.54 Å². The molecule has 0 radical (unpaired) electrons. The number of rotatable bonds is 5. The van der Waals surface area contributed by atoms with Crippen LogP contribution in [0.3, 0.4) is 0 Å². The molecule has 0 aromatic heterocycles. The van der Waals surface area contributed by atoms with Crippen LogP contribution in [-0.4, -0.2) is 12.6 Å². The molecule has 0 bridgehead atoms. The van der Waals surface area contributed by atoms with Gasteiger partial charge in [0.1, 0.15) is 0 Å². The monoisotopic (exact) mass is 195 g/mol. The van der Waals surface area contributed by atoms with Crippen molar-refractivity contribution < 1.29 is 0 Å². The predicted octanol–water partition coefficient (Wildman–Crippen LogP) is 3.34. The maximum absolute atomic E-state index is 3.72. The zero-order valence-corrected chi connectivity index (χ0v) is 9.60. The summed E-state index contributed by atoms with van der Waals surface area (Å²) in [7, 11) is 0. The van der Waals surface area contributed by atoms with Crippen LogP contribution in [-0.2, 0) is 0 Å². The lowest BCUT2D eigenvalue weighted by molar-refractivity contribution is 0.280. The zero-order valence-electron chi connectivity index (χ0n) is 9.60. The second-order valence-electron chi connectivity index (χ2n) is 5.37. The third-order valence-corrected chi connectivity index (χ3v) is 4.07. The Kier molecular flexibility index (Phi) is 3.86. The first-order valence-electron chi connectivity index (χ1n) is 6.59. The van der Waals surface area contributed by atoms with Gasteiger partial charge in [-0.15, -0.1) is 0 Å². The summed E-state index contributed by atoms with van der Waals surface area (Å²) in [5.74, 6) is 2.06. The largest absolute Gasteiger partial charge is 0.314 e. The lowest BCUT2D eigenvalue weighted by Gasteiger charge is -2.28. The highest BCUT2D eigenvalue weighted by atomic mass is 14.9. The van der Waals surface area contributed by atoms with Crippen LogP contribution in [0.4, 0.5) is 0 Å². The topological polar surface area (TPSA) is 12.0 Å². The van der Waals surface area contributed by atoms with Gasteiger partial charge in [-0.2, -0.15) is 0 Å². The lowest BCUT2D eigenvalue weighted by Crippen LogP contribution is -2.35. The van der Waals surface area contributed by atoms with Gasteiger partial charge in [-0.3, -0.25) is 0 Å². The smallest absolute Gasteiger partial charge is 0.00669 e. The van der Waals surface area contributed by atoms with Gasteiger partial charge in [0.25, 0.3) is 0 Å². The maximum Gasteiger partial charge on any atom is 0.00669 e. The highest BCUT2D eigenvalue weighted by Gasteiger charge is 2.22. The molecule has 2 rings (SSSR count). The Morgan fingerprint density at radius 2 is 1.79 bits per heavy atom. The third-order valence-electron chi connectivity index (χ3n) is 4.07. The summed E-state index contributed by atoms with van der Waals surface area (Å²) in [4.78, 5) is 0. The van der Waals surface area contributed by atoms with Gasteiger partial charge < -0.3 is 5.32 Å². The first-order valence-corrected chi connectivity index (χ1v) is 6.59. The van der Waals surface area contributed by atoms with E-state index >= 15 is 0 Å². The van der Waals surface area contributed by atoms with Crippen molar-refractivity contribution in [3.63, 3.8) is 0 Å². The SMILES string of the molecule is C[C@H](NCCC1CC1)C1CCCCC1. The predicted molar refractivity (Wildman–Crippen MR) is 61.4 cm³/mol. The van der Waals surface area contributed by atoms with Gasteiger partial charge in [0.15, 0.2) is 0 Å². The minimum Gasteiger partial charge on any atom is -0.314 e. The van der Waals surface area contributed by atoms with Crippen LogP contribution in [0.2, 0.25) is 0 Å². The molecule has 0 spiro atoms. The first-order chi connectivity index (χ1) is 6.86. The minimum absolute atomic E-state index is 0.772. The van der Waals surface area contributed by atoms with Crippen LogP contribution in [0.15, 0.2) is 0 Å². The number of hydrogen-bond acceptors (Lipinski definition) is 1. The Morgan fingerprint density at radius 1 is 1.07 bits per heavy atom. The fourth-order valence-electron chi connectivity index (χ4n) is 2.72. The molecule has 1 atom stereocenters. The van der Waals surface area contributed by atoms with E-state index in [4.69, 9.17) is 0 Å². The molecule has 2 saturated carbocycles. The second kappa shape index (κ2) is 5.16. The van der Waals surface area contributed by atoms with Crippen LogP contribution >= 0.6 is 0 Å². The molecule has 2 aliphatic carbocycles. The molecule has 2 fully saturated rings. The van der Waals surface area contributed by atoms with E-state index in [-0.39, 0.29) is 0 Å². The molecule has 0 aromatic rings. The standard InChI is InChI=1S/C13H25N/c1-11(13-5-3-2-4-6-13)14-10-9-12-7-8-12/h11-14H,2-10H2,1H3/t11-/m0/s1. The Balaban J connectivity index is 1.57. The fraction of sp³-hybridized carbons (Fsp3) is 1.00. The van der Waals surface area contributed by atoms with Crippen molar-refractivity contribution in [1.29, 1.82) is 0 Å². The zero-order chi connectivity index (χ0) is 9.80. The van der Waals surface area contributed by atoms with Crippen molar-refractivity contribution in [3.05, 3.63) is 0 Å². The Morgan fingerprint density at radius 3 is 2.43 bits per heavy atom. The van der Waals surface area contributed by atoms with Gasteiger partial charge in [-0.25, -0.2) is 0 Å². The van der Waals surface area contributed by atoms with Gasteiger partial charge in [0.05, 0.1) is 0 Å². The average Bonchev–Trinajstić information content (AvgIpc) is 3.03. The molecule has 14 heavy (non-hydrogen) atoms. The summed E-state index contributed by atoms with van der Waals surface area (Å²) in [5.41, 5.74) is 0. The molecule has 0 amide bonds.